The normalized spacial score (nSPS) is 11.4. The summed E-state index contributed by atoms with van der Waals surface area (Å²) in [5, 5.41) is 20.3. The summed E-state index contributed by atoms with van der Waals surface area (Å²) < 4.78 is 45.0. The predicted octanol–water partition coefficient (Wildman–Crippen LogP) is 4.83. The van der Waals surface area contributed by atoms with Gasteiger partial charge in [0.15, 0.2) is 5.82 Å². The zero-order valence-corrected chi connectivity index (χ0v) is 22.8. The van der Waals surface area contributed by atoms with Crippen molar-refractivity contribution in [1.82, 2.24) is 24.7 Å². The molecule has 3 N–H and O–H groups in total. The summed E-state index contributed by atoms with van der Waals surface area (Å²) in [6, 6.07) is 8.45. The van der Waals surface area contributed by atoms with E-state index >= 15 is 0 Å². The number of rotatable bonds is 12. The van der Waals surface area contributed by atoms with Gasteiger partial charge < -0.3 is 30.0 Å². The van der Waals surface area contributed by atoms with Gasteiger partial charge in [-0.25, -0.2) is 23.7 Å². The predicted molar refractivity (Wildman–Crippen MR) is 145 cm³/mol. The number of hydrogen-bond donors (Lipinski definition) is 3. The van der Waals surface area contributed by atoms with Gasteiger partial charge in [-0.05, 0) is 26.0 Å². The standard InChI is InChI=1S/C27H31F2N7O4/c1-27(2,37)15-36-14-17(12-32-36)19-13-31-22(9-21(19)40-5)33-24-10-23(34-26(35-24)25(28)29)30-11-16-6-7-18(38-3)8-20(16)39-4/h6-10,12-14,25,37H,11,15H2,1-5H3,(H2,30,31,33,34,35). The lowest BCUT2D eigenvalue weighted by molar-refractivity contribution is 0.0577. The molecule has 3 aromatic heterocycles. The Bertz CT molecular complexity index is 1460. The lowest BCUT2D eigenvalue weighted by Gasteiger charge is -2.16. The molecular formula is C27H31F2N7O4. The number of pyridine rings is 1. The second-order valence-electron chi connectivity index (χ2n) is 9.46. The highest BCUT2D eigenvalue weighted by Gasteiger charge is 2.18. The highest BCUT2D eigenvalue weighted by atomic mass is 19.3. The molecule has 0 fully saturated rings. The summed E-state index contributed by atoms with van der Waals surface area (Å²) in [6.07, 6.45) is 2.12. The van der Waals surface area contributed by atoms with Crippen LogP contribution in [0.3, 0.4) is 0 Å². The van der Waals surface area contributed by atoms with E-state index in [-0.39, 0.29) is 18.2 Å². The molecule has 11 nitrogen and oxygen atoms in total. The fourth-order valence-corrected chi connectivity index (χ4v) is 3.91. The minimum absolute atomic E-state index is 0.120. The summed E-state index contributed by atoms with van der Waals surface area (Å²) in [4.78, 5) is 12.3. The van der Waals surface area contributed by atoms with E-state index in [9.17, 15) is 13.9 Å². The number of methoxy groups -OCH3 is 3. The minimum Gasteiger partial charge on any atom is -0.497 e. The molecule has 40 heavy (non-hydrogen) atoms. The first-order valence-electron chi connectivity index (χ1n) is 12.3. The summed E-state index contributed by atoms with van der Waals surface area (Å²) in [6.45, 7) is 3.96. The van der Waals surface area contributed by atoms with Gasteiger partial charge in [0, 0.05) is 53.8 Å². The summed E-state index contributed by atoms with van der Waals surface area (Å²) >= 11 is 0. The molecule has 4 aromatic rings. The molecule has 0 atom stereocenters. The minimum atomic E-state index is -2.89. The van der Waals surface area contributed by atoms with Crippen LogP contribution in [0.1, 0.15) is 31.7 Å². The van der Waals surface area contributed by atoms with Crippen LogP contribution in [-0.4, -0.2) is 56.8 Å². The Morgan fingerprint density at radius 3 is 2.38 bits per heavy atom. The van der Waals surface area contributed by atoms with E-state index < -0.39 is 17.9 Å². The fraction of sp³-hybridized carbons (Fsp3) is 0.333. The Morgan fingerprint density at radius 2 is 1.70 bits per heavy atom. The summed E-state index contributed by atoms with van der Waals surface area (Å²) in [5.74, 6) is 1.68. The van der Waals surface area contributed by atoms with E-state index in [1.165, 1.54) is 20.3 Å². The van der Waals surface area contributed by atoms with Gasteiger partial charge in [0.25, 0.3) is 6.43 Å². The van der Waals surface area contributed by atoms with Gasteiger partial charge >= 0.3 is 0 Å². The van der Waals surface area contributed by atoms with Crippen LogP contribution in [0, 0.1) is 0 Å². The topological polar surface area (TPSA) is 128 Å². The molecule has 1 aromatic carbocycles. The number of aromatic nitrogens is 5. The molecule has 212 valence electrons. The maximum Gasteiger partial charge on any atom is 0.297 e. The van der Waals surface area contributed by atoms with Gasteiger partial charge in [-0.3, -0.25) is 4.68 Å². The first kappa shape index (κ1) is 28.5. The van der Waals surface area contributed by atoms with E-state index in [1.807, 2.05) is 6.07 Å². The van der Waals surface area contributed by atoms with Gasteiger partial charge in [-0.2, -0.15) is 5.10 Å². The highest BCUT2D eigenvalue weighted by molar-refractivity contribution is 5.71. The molecule has 13 heteroatoms. The second kappa shape index (κ2) is 12.1. The van der Waals surface area contributed by atoms with Crippen molar-refractivity contribution in [2.24, 2.45) is 0 Å². The number of hydrogen-bond acceptors (Lipinski definition) is 10. The van der Waals surface area contributed by atoms with E-state index in [0.717, 1.165) is 11.1 Å². The van der Waals surface area contributed by atoms with Crippen LogP contribution in [0.5, 0.6) is 17.2 Å². The molecule has 0 amide bonds. The van der Waals surface area contributed by atoms with Crippen molar-refractivity contribution in [3.8, 4) is 28.4 Å². The maximum atomic E-state index is 13.6. The van der Waals surface area contributed by atoms with E-state index in [1.54, 1.807) is 62.4 Å². The third-order valence-electron chi connectivity index (χ3n) is 5.73. The first-order valence-corrected chi connectivity index (χ1v) is 12.3. The van der Waals surface area contributed by atoms with Crippen LogP contribution in [0.15, 0.2) is 48.9 Å². The van der Waals surface area contributed by atoms with E-state index in [0.29, 0.717) is 35.2 Å². The third kappa shape index (κ3) is 7.11. The molecule has 0 unspecified atom stereocenters. The molecule has 0 saturated heterocycles. The van der Waals surface area contributed by atoms with Crippen molar-refractivity contribution in [2.45, 2.75) is 39.0 Å². The Balaban J connectivity index is 1.55. The number of anilines is 3. The number of nitrogens with zero attached hydrogens (tertiary/aromatic N) is 5. The number of halogens is 2. The quantitative estimate of drug-likeness (QED) is 0.224. The van der Waals surface area contributed by atoms with Crippen LogP contribution in [-0.2, 0) is 13.1 Å². The second-order valence-corrected chi connectivity index (χ2v) is 9.46. The Morgan fingerprint density at radius 1 is 0.950 bits per heavy atom. The number of benzene rings is 1. The Kier molecular flexibility index (Phi) is 8.63. The number of nitrogens with one attached hydrogen (secondary N) is 2. The average molecular weight is 556 g/mol. The van der Waals surface area contributed by atoms with E-state index in [2.05, 4.69) is 30.7 Å². The molecule has 0 aliphatic rings. The third-order valence-corrected chi connectivity index (χ3v) is 5.73. The SMILES string of the molecule is COc1ccc(CNc2cc(Nc3cc(OC)c(-c4cnn(CC(C)(C)O)c4)cn3)nc(C(F)F)n2)c(OC)c1. The molecule has 0 aliphatic heterocycles. The molecule has 3 heterocycles. The molecule has 0 saturated carbocycles. The van der Waals surface area contributed by atoms with Crippen LogP contribution in [0.4, 0.5) is 26.2 Å². The van der Waals surface area contributed by atoms with Crippen molar-refractivity contribution >= 4 is 17.5 Å². The number of alkyl halides is 2. The first-order chi connectivity index (χ1) is 19.1. The lowest BCUT2D eigenvalue weighted by atomic mass is 10.1. The molecule has 4 rings (SSSR count). The van der Waals surface area contributed by atoms with Crippen molar-refractivity contribution in [1.29, 1.82) is 0 Å². The van der Waals surface area contributed by atoms with Gasteiger partial charge in [-0.15, -0.1) is 0 Å². The number of ether oxygens (including phenoxy) is 3. The van der Waals surface area contributed by atoms with E-state index in [4.69, 9.17) is 14.2 Å². The van der Waals surface area contributed by atoms with Gasteiger partial charge in [0.05, 0.1) is 39.7 Å². The molecule has 0 bridgehead atoms. The average Bonchev–Trinajstić information content (AvgIpc) is 3.38. The van der Waals surface area contributed by atoms with Crippen LogP contribution in [0.25, 0.3) is 11.1 Å². The fourth-order valence-electron chi connectivity index (χ4n) is 3.91. The summed E-state index contributed by atoms with van der Waals surface area (Å²) in [7, 11) is 4.60. The van der Waals surface area contributed by atoms with Gasteiger partial charge in [0.2, 0.25) is 0 Å². The van der Waals surface area contributed by atoms with Crippen molar-refractivity contribution < 1.29 is 28.1 Å². The zero-order chi connectivity index (χ0) is 28.9. The molecule has 0 spiro atoms. The largest absolute Gasteiger partial charge is 0.497 e. The van der Waals surface area contributed by atoms with Gasteiger partial charge in [-0.1, -0.05) is 0 Å². The zero-order valence-electron chi connectivity index (χ0n) is 22.8. The Hall–Kier alpha value is -4.52. The van der Waals surface area contributed by atoms with Crippen LogP contribution >= 0.6 is 0 Å². The molecule has 0 aliphatic carbocycles. The van der Waals surface area contributed by atoms with Crippen LogP contribution in [0.2, 0.25) is 0 Å². The Labute approximate surface area is 230 Å². The van der Waals surface area contributed by atoms with Gasteiger partial charge in [0.1, 0.15) is 34.7 Å². The maximum absolute atomic E-state index is 13.6. The van der Waals surface area contributed by atoms with Crippen molar-refractivity contribution in [3.63, 3.8) is 0 Å². The smallest absolute Gasteiger partial charge is 0.297 e. The monoisotopic (exact) mass is 555 g/mol. The highest BCUT2D eigenvalue weighted by Crippen LogP contribution is 2.32. The van der Waals surface area contributed by atoms with Crippen LogP contribution < -0.4 is 24.8 Å². The van der Waals surface area contributed by atoms with Crippen molar-refractivity contribution in [2.75, 3.05) is 32.0 Å². The molecule has 0 radical (unpaired) electrons. The number of aliphatic hydroxyl groups is 1. The summed E-state index contributed by atoms with van der Waals surface area (Å²) in [5.41, 5.74) is 1.26. The lowest BCUT2D eigenvalue weighted by Crippen LogP contribution is -2.26. The molecular weight excluding hydrogens is 524 g/mol. The van der Waals surface area contributed by atoms with Crippen molar-refractivity contribution in [3.05, 3.63) is 60.3 Å².